The fraction of sp³-hybridized carbons (Fsp3) is 0.400. The van der Waals surface area contributed by atoms with E-state index < -0.39 is 0 Å². The molecule has 0 saturated carbocycles. The lowest BCUT2D eigenvalue weighted by Gasteiger charge is -2.28. The van der Waals surface area contributed by atoms with Gasteiger partial charge in [0.1, 0.15) is 0 Å². The van der Waals surface area contributed by atoms with Crippen molar-refractivity contribution in [2.75, 3.05) is 31.1 Å². The monoisotopic (exact) mass is 203 g/mol. The van der Waals surface area contributed by atoms with E-state index in [-0.39, 0.29) is 0 Å². The van der Waals surface area contributed by atoms with Gasteiger partial charge in [-0.25, -0.2) is 9.50 Å². The molecule has 2 aromatic heterocycles. The zero-order valence-electron chi connectivity index (χ0n) is 8.43. The molecule has 3 rings (SSSR count). The number of hydrogen-bond donors (Lipinski definition) is 1. The number of nitrogens with one attached hydrogen (secondary N) is 1. The predicted octanol–water partition coefficient (Wildman–Crippen LogP) is 0.139. The average Bonchev–Trinajstić information content (AvgIpc) is 2.77. The smallest absolute Gasteiger partial charge is 0.155 e. The standard InChI is InChI=1S/C10H13N5/c1-2-13-15-8-9(7-12-10(1)15)14-5-3-11-4-6-14/h1-2,7-8,11H,3-6H2. The Bertz CT molecular complexity index is 458. The van der Waals surface area contributed by atoms with Gasteiger partial charge < -0.3 is 10.2 Å². The Balaban J connectivity index is 1.95. The van der Waals surface area contributed by atoms with E-state index >= 15 is 0 Å². The van der Waals surface area contributed by atoms with Gasteiger partial charge in [0.15, 0.2) is 5.65 Å². The predicted molar refractivity (Wildman–Crippen MR) is 58.1 cm³/mol. The van der Waals surface area contributed by atoms with Crippen LogP contribution in [0.3, 0.4) is 0 Å². The molecule has 0 radical (unpaired) electrons. The Kier molecular flexibility index (Phi) is 2.03. The third-order valence-electron chi connectivity index (χ3n) is 2.72. The lowest BCUT2D eigenvalue weighted by atomic mass is 10.3. The minimum Gasteiger partial charge on any atom is -0.366 e. The van der Waals surface area contributed by atoms with Crippen molar-refractivity contribution in [2.45, 2.75) is 0 Å². The van der Waals surface area contributed by atoms with Crippen LogP contribution in [0.5, 0.6) is 0 Å². The minimum absolute atomic E-state index is 0.897. The molecule has 78 valence electrons. The van der Waals surface area contributed by atoms with Crippen LogP contribution in [0.4, 0.5) is 5.69 Å². The first-order valence-electron chi connectivity index (χ1n) is 5.18. The fourth-order valence-corrected chi connectivity index (χ4v) is 1.89. The second-order valence-corrected chi connectivity index (χ2v) is 3.68. The molecule has 3 heterocycles. The summed E-state index contributed by atoms with van der Waals surface area (Å²) < 4.78 is 1.82. The second kappa shape index (κ2) is 3.51. The summed E-state index contributed by atoms with van der Waals surface area (Å²) in [5.74, 6) is 0. The summed E-state index contributed by atoms with van der Waals surface area (Å²) in [7, 11) is 0. The molecule has 0 bridgehead atoms. The van der Waals surface area contributed by atoms with E-state index in [1.165, 1.54) is 0 Å². The van der Waals surface area contributed by atoms with E-state index in [2.05, 4.69) is 20.3 Å². The van der Waals surface area contributed by atoms with Crippen molar-refractivity contribution in [1.82, 2.24) is 19.9 Å². The Morgan fingerprint density at radius 1 is 1.27 bits per heavy atom. The number of hydrogen-bond acceptors (Lipinski definition) is 4. The molecule has 1 aliphatic heterocycles. The third-order valence-corrected chi connectivity index (χ3v) is 2.72. The van der Waals surface area contributed by atoms with Crippen molar-refractivity contribution in [1.29, 1.82) is 0 Å². The molecule has 1 aliphatic rings. The van der Waals surface area contributed by atoms with E-state index in [4.69, 9.17) is 0 Å². The molecule has 0 aliphatic carbocycles. The van der Waals surface area contributed by atoms with Crippen LogP contribution in [0, 0.1) is 0 Å². The molecule has 0 amide bonds. The summed E-state index contributed by atoms with van der Waals surface area (Å²) in [4.78, 5) is 6.68. The van der Waals surface area contributed by atoms with Gasteiger partial charge in [-0.15, -0.1) is 0 Å². The van der Waals surface area contributed by atoms with E-state index in [1.54, 1.807) is 6.20 Å². The largest absolute Gasteiger partial charge is 0.366 e. The lowest BCUT2D eigenvalue weighted by Crippen LogP contribution is -2.43. The highest BCUT2D eigenvalue weighted by molar-refractivity contribution is 5.48. The van der Waals surface area contributed by atoms with Crippen molar-refractivity contribution in [2.24, 2.45) is 0 Å². The number of rotatable bonds is 1. The summed E-state index contributed by atoms with van der Waals surface area (Å²) in [6.45, 7) is 4.15. The molecular weight excluding hydrogens is 190 g/mol. The summed E-state index contributed by atoms with van der Waals surface area (Å²) in [5.41, 5.74) is 2.04. The van der Waals surface area contributed by atoms with Crippen LogP contribution in [0.1, 0.15) is 0 Å². The molecule has 2 aromatic rings. The SMILES string of the molecule is c1cc2ncc(N3CCNCC3)cn2n1. The first-order valence-corrected chi connectivity index (χ1v) is 5.18. The fourth-order valence-electron chi connectivity index (χ4n) is 1.89. The third kappa shape index (κ3) is 1.55. The first kappa shape index (κ1) is 8.67. The minimum atomic E-state index is 0.897. The molecule has 0 atom stereocenters. The Labute approximate surface area is 87.7 Å². The number of anilines is 1. The van der Waals surface area contributed by atoms with Gasteiger partial charge in [-0.2, -0.15) is 5.10 Å². The van der Waals surface area contributed by atoms with Crippen LogP contribution in [0.25, 0.3) is 5.65 Å². The van der Waals surface area contributed by atoms with Crippen LogP contribution in [0.2, 0.25) is 0 Å². The van der Waals surface area contributed by atoms with Crippen molar-refractivity contribution >= 4 is 11.3 Å². The molecule has 0 aromatic carbocycles. The zero-order valence-corrected chi connectivity index (χ0v) is 8.43. The molecule has 15 heavy (non-hydrogen) atoms. The highest BCUT2D eigenvalue weighted by atomic mass is 15.3. The van der Waals surface area contributed by atoms with E-state index in [0.717, 1.165) is 37.5 Å². The van der Waals surface area contributed by atoms with Gasteiger partial charge in [-0.1, -0.05) is 0 Å². The maximum Gasteiger partial charge on any atom is 0.155 e. The summed E-state index contributed by atoms with van der Waals surface area (Å²) in [6.07, 6.45) is 5.72. The summed E-state index contributed by atoms with van der Waals surface area (Å²) in [6, 6.07) is 1.90. The number of nitrogens with zero attached hydrogens (tertiary/aromatic N) is 4. The molecular formula is C10H13N5. The van der Waals surface area contributed by atoms with Gasteiger partial charge in [0.2, 0.25) is 0 Å². The molecule has 5 heteroatoms. The molecule has 0 spiro atoms. The molecule has 1 fully saturated rings. The van der Waals surface area contributed by atoms with Crippen LogP contribution in [0.15, 0.2) is 24.7 Å². The van der Waals surface area contributed by atoms with Crippen molar-refractivity contribution in [3.8, 4) is 0 Å². The van der Waals surface area contributed by atoms with Crippen LogP contribution >= 0.6 is 0 Å². The highest BCUT2D eigenvalue weighted by Gasteiger charge is 2.11. The van der Waals surface area contributed by atoms with Crippen LogP contribution < -0.4 is 10.2 Å². The highest BCUT2D eigenvalue weighted by Crippen LogP contribution is 2.13. The van der Waals surface area contributed by atoms with E-state index in [1.807, 2.05) is 23.0 Å². The summed E-state index contributed by atoms with van der Waals surface area (Å²) in [5, 5.41) is 7.52. The molecule has 0 unspecified atom stereocenters. The van der Waals surface area contributed by atoms with Crippen LogP contribution in [-0.2, 0) is 0 Å². The Morgan fingerprint density at radius 2 is 2.13 bits per heavy atom. The van der Waals surface area contributed by atoms with Gasteiger partial charge in [0.25, 0.3) is 0 Å². The zero-order chi connectivity index (χ0) is 10.1. The lowest BCUT2D eigenvalue weighted by molar-refractivity contribution is 0.587. The summed E-state index contributed by atoms with van der Waals surface area (Å²) >= 11 is 0. The maximum absolute atomic E-state index is 4.35. The molecule has 5 nitrogen and oxygen atoms in total. The second-order valence-electron chi connectivity index (χ2n) is 3.68. The Morgan fingerprint density at radius 3 is 3.00 bits per heavy atom. The van der Waals surface area contributed by atoms with Crippen molar-refractivity contribution < 1.29 is 0 Å². The topological polar surface area (TPSA) is 45.5 Å². The van der Waals surface area contributed by atoms with Gasteiger partial charge in [-0.3, -0.25) is 0 Å². The number of fused-ring (bicyclic) bond motifs is 1. The quantitative estimate of drug-likeness (QED) is 0.716. The van der Waals surface area contributed by atoms with Gasteiger partial charge in [-0.05, 0) is 0 Å². The maximum atomic E-state index is 4.35. The van der Waals surface area contributed by atoms with Gasteiger partial charge >= 0.3 is 0 Å². The Hall–Kier alpha value is -1.62. The molecule has 1 saturated heterocycles. The average molecular weight is 203 g/mol. The van der Waals surface area contributed by atoms with E-state index in [9.17, 15) is 0 Å². The number of piperazine rings is 1. The molecule has 1 N–H and O–H groups in total. The van der Waals surface area contributed by atoms with Crippen molar-refractivity contribution in [3.63, 3.8) is 0 Å². The first-order chi connectivity index (χ1) is 7.43. The number of aromatic nitrogens is 3. The van der Waals surface area contributed by atoms with Crippen molar-refractivity contribution in [3.05, 3.63) is 24.7 Å². The van der Waals surface area contributed by atoms with Gasteiger partial charge in [0.05, 0.1) is 24.3 Å². The van der Waals surface area contributed by atoms with E-state index in [0.29, 0.717) is 0 Å². The normalized spacial score (nSPS) is 17.2. The van der Waals surface area contributed by atoms with Crippen LogP contribution in [-0.4, -0.2) is 40.8 Å². The van der Waals surface area contributed by atoms with Gasteiger partial charge in [0, 0.05) is 32.2 Å².